The molecule has 0 amide bonds. The first-order valence-electron chi connectivity index (χ1n) is 7.91. The van der Waals surface area contributed by atoms with Crippen LogP contribution in [0.15, 0.2) is 6.20 Å². The van der Waals surface area contributed by atoms with E-state index in [4.69, 9.17) is 17.0 Å². The molecule has 0 spiro atoms. The lowest BCUT2D eigenvalue weighted by atomic mass is 10.2. The largest absolute Gasteiger partial charge is 0.383 e. The van der Waals surface area contributed by atoms with Crippen LogP contribution in [0.3, 0.4) is 0 Å². The molecule has 2 rings (SSSR count). The Balaban J connectivity index is 1.77. The Kier molecular flexibility index (Phi) is 6.60. The highest BCUT2D eigenvalue weighted by Crippen LogP contribution is 2.12. The standard InChI is InChI=1S/C15H27N5OS/c1-4-20-13(2)14(11-17-20)12-18-6-8-19(9-7-18)15(22)16-5-10-21-3/h11H,4-10,12H2,1-3H3,(H,16,22). The fraction of sp³-hybridized carbons (Fsp3) is 0.733. The van der Waals surface area contributed by atoms with Crippen LogP contribution in [-0.2, 0) is 17.8 Å². The SMILES string of the molecule is CCn1ncc(CN2CCN(C(=S)NCCOC)CC2)c1C. The van der Waals surface area contributed by atoms with Crippen molar-refractivity contribution in [2.45, 2.75) is 26.9 Å². The van der Waals surface area contributed by atoms with Crippen molar-refractivity contribution >= 4 is 17.3 Å². The summed E-state index contributed by atoms with van der Waals surface area (Å²) in [5.74, 6) is 0. The molecule has 1 fully saturated rings. The number of nitrogens with zero attached hydrogens (tertiary/aromatic N) is 4. The highest BCUT2D eigenvalue weighted by atomic mass is 32.1. The maximum Gasteiger partial charge on any atom is 0.169 e. The predicted molar refractivity (Wildman–Crippen MR) is 92.0 cm³/mol. The third-order valence-electron chi connectivity index (χ3n) is 4.14. The van der Waals surface area contributed by atoms with Crippen molar-refractivity contribution in [3.8, 4) is 0 Å². The van der Waals surface area contributed by atoms with Crippen LogP contribution >= 0.6 is 12.2 Å². The van der Waals surface area contributed by atoms with Gasteiger partial charge in [0.1, 0.15) is 0 Å². The summed E-state index contributed by atoms with van der Waals surface area (Å²) in [6.45, 7) is 11.6. The molecule has 6 nitrogen and oxygen atoms in total. The van der Waals surface area contributed by atoms with Crippen molar-refractivity contribution in [3.63, 3.8) is 0 Å². The van der Waals surface area contributed by atoms with E-state index in [1.165, 1.54) is 11.3 Å². The van der Waals surface area contributed by atoms with Crippen LogP contribution in [0.5, 0.6) is 0 Å². The normalized spacial score (nSPS) is 16.0. The van der Waals surface area contributed by atoms with Gasteiger partial charge in [0.25, 0.3) is 0 Å². The number of thiocarbonyl (C=S) groups is 1. The Bertz CT molecular complexity index is 482. The van der Waals surface area contributed by atoms with E-state index in [-0.39, 0.29) is 0 Å². The van der Waals surface area contributed by atoms with Crippen LogP contribution in [0.25, 0.3) is 0 Å². The molecule has 124 valence electrons. The molecule has 0 saturated carbocycles. The summed E-state index contributed by atoms with van der Waals surface area (Å²) in [6, 6.07) is 0. The first-order valence-corrected chi connectivity index (χ1v) is 8.31. The smallest absolute Gasteiger partial charge is 0.169 e. The van der Waals surface area contributed by atoms with Gasteiger partial charge in [0, 0.05) is 64.2 Å². The van der Waals surface area contributed by atoms with Crippen LogP contribution < -0.4 is 5.32 Å². The van der Waals surface area contributed by atoms with E-state index in [9.17, 15) is 0 Å². The molecule has 0 atom stereocenters. The van der Waals surface area contributed by atoms with Crippen molar-refractivity contribution in [1.29, 1.82) is 0 Å². The Morgan fingerprint density at radius 1 is 1.36 bits per heavy atom. The number of aromatic nitrogens is 2. The summed E-state index contributed by atoms with van der Waals surface area (Å²) < 4.78 is 7.08. The van der Waals surface area contributed by atoms with Crippen molar-refractivity contribution in [2.75, 3.05) is 46.4 Å². The van der Waals surface area contributed by atoms with E-state index >= 15 is 0 Å². The summed E-state index contributed by atoms with van der Waals surface area (Å²) in [7, 11) is 1.70. The lowest BCUT2D eigenvalue weighted by Gasteiger charge is -2.36. The van der Waals surface area contributed by atoms with Gasteiger partial charge in [-0.1, -0.05) is 0 Å². The van der Waals surface area contributed by atoms with Gasteiger partial charge in [0.05, 0.1) is 12.8 Å². The Morgan fingerprint density at radius 3 is 2.68 bits per heavy atom. The highest BCUT2D eigenvalue weighted by Gasteiger charge is 2.19. The minimum atomic E-state index is 0.681. The molecule has 1 aromatic rings. The van der Waals surface area contributed by atoms with E-state index in [2.05, 4.69) is 38.7 Å². The molecule has 2 heterocycles. The average molecular weight is 325 g/mol. The first kappa shape index (κ1) is 17.2. The van der Waals surface area contributed by atoms with Gasteiger partial charge in [-0.05, 0) is 26.1 Å². The topological polar surface area (TPSA) is 45.6 Å². The Hall–Kier alpha value is -1.18. The van der Waals surface area contributed by atoms with Crippen molar-refractivity contribution in [3.05, 3.63) is 17.5 Å². The van der Waals surface area contributed by atoms with Crippen LogP contribution in [0, 0.1) is 6.92 Å². The summed E-state index contributed by atoms with van der Waals surface area (Å²) in [6.07, 6.45) is 2.00. The lowest BCUT2D eigenvalue weighted by molar-refractivity contribution is 0.172. The van der Waals surface area contributed by atoms with Gasteiger partial charge in [-0.2, -0.15) is 5.10 Å². The van der Waals surface area contributed by atoms with Gasteiger partial charge < -0.3 is 15.0 Å². The minimum Gasteiger partial charge on any atom is -0.383 e. The zero-order valence-corrected chi connectivity index (χ0v) is 14.7. The van der Waals surface area contributed by atoms with Crippen LogP contribution in [0.4, 0.5) is 0 Å². The predicted octanol–water partition coefficient (Wildman–Crippen LogP) is 0.850. The molecule has 0 bridgehead atoms. The Labute approximate surface area is 138 Å². The van der Waals surface area contributed by atoms with Crippen LogP contribution in [0.2, 0.25) is 0 Å². The number of hydrogen-bond acceptors (Lipinski definition) is 4. The summed E-state index contributed by atoms with van der Waals surface area (Å²) in [5.41, 5.74) is 2.61. The second-order valence-electron chi connectivity index (χ2n) is 5.56. The van der Waals surface area contributed by atoms with Gasteiger partial charge >= 0.3 is 0 Å². The van der Waals surface area contributed by atoms with Crippen LogP contribution in [0.1, 0.15) is 18.2 Å². The number of aryl methyl sites for hydroxylation is 1. The molecule has 1 aromatic heterocycles. The maximum absolute atomic E-state index is 5.42. The van der Waals surface area contributed by atoms with E-state index in [1.807, 2.05) is 6.20 Å². The number of ether oxygens (including phenoxy) is 1. The molecule has 0 unspecified atom stereocenters. The van der Waals surface area contributed by atoms with E-state index in [0.29, 0.717) is 6.61 Å². The molecule has 1 aliphatic heterocycles. The fourth-order valence-corrected chi connectivity index (χ4v) is 2.97. The van der Waals surface area contributed by atoms with Gasteiger partial charge in [-0.15, -0.1) is 0 Å². The molecule has 0 aromatic carbocycles. The molecular weight excluding hydrogens is 298 g/mol. The zero-order valence-electron chi connectivity index (χ0n) is 13.8. The second kappa shape index (κ2) is 8.45. The number of hydrogen-bond donors (Lipinski definition) is 1. The summed E-state index contributed by atoms with van der Waals surface area (Å²) >= 11 is 5.42. The maximum atomic E-state index is 5.42. The average Bonchev–Trinajstić information content (AvgIpc) is 2.88. The van der Waals surface area contributed by atoms with E-state index < -0.39 is 0 Å². The molecule has 1 saturated heterocycles. The number of nitrogens with one attached hydrogen (secondary N) is 1. The van der Waals surface area contributed by atoms with Crippen LogP contribution in [-0.4, -0.2) is 71.1 Å². The summed E-state index contributed by atoms with van der Waals surface area (Å²) in [4.78, 5) is 4.71. The molecule has 1 aliphatic rings. The number of methoxy groups -OCH3 is 1. The van der Waals surface area contributed by atoms with Crippen molar-refractivity contribution in [2.24, 2.45) is 0 Å². The molecule has 22 heavy (non-hydrogen) atoms. The molecule has 0 aliphatic carbocycles. The number of piperazine rings is 1. The number of rotatable bonds is 6. The molecule has 7 heteroatoms. The fourth-order valence-electron chi connectivity index (χ4n) is 2.68. The minimum absolute atomic E-state index is 0.681. The van der Waals surface area contributed by atoms with E-state index in [0.717, 1.165) is 50.9 Å². The lowest BCUT2D eigenvalue weighted by Crippen LogP contribution is -2.51. The van der Waals surface area contributed by atoms with Gasteiger partial charge in [-0.25, -0.2) is 0 Å². The quantitative estimate of drug-likeness (QED) is 0.618. The molecular formula is C15H27N5OS. The summed E-state index contributed by atoms with van der Waals surface area (Å²) in [5, 5.41) is 8.50. The van der Waals surface area contributed by atoms with Crippen molar-refractivity contribution in [1.82, 2.24) is 24.9 Å². The zero-order chi connectivity index (χ0) is 15.9. The Morgan fingerprint density at radius 2 is 2.09 bits per heavy atom. The monoisotopic (exact) mass is 325 g/mol. The third-order valence-corrected chi connectivity index (χ3v) is 4.54. The first-order chi connectivity index (χ1) is 10.7. The van der Waals surface area contributed by atoms with E-state index in [1.54, 1.807) is 7.11 Å². The van der Waals surface area contributed by atoms with Crippen molar-refractivity contribution < 1.29 is 4.74 Å². The highest BCUT2D eigenvalue weighted by molar-refractivity contribution is 7.80. The second-order valence-corrected chi connectivity index (χ2v) is 5.95. The van der Waals surface area contributed by atoms with Gasteiger partial charge in [0.2, 0.25) is 0 Å². The van der Waals surface area contributed by atoms with Gasteiger partial charge in [-0.3, -0.25) is 9.58 Å². The molecule has 0 radical (unpaired) electrons. The third kappa shape index (κ3) is 4.41. The van der Waals surface area contributed by atoms with Gasteiger partial charge in [0.15, 0.2) is 5.11 Å². The molecule has 1 N–H and O–H groups in total.